The first-order valence-electron chi connectivity index (χ1n) is 24.8. The maximum atomic E-state index is 15.6. The SMILES string of the molecule is Cc1ncsc1-c1ccc(C2(C)NC(C3CC(O)CN3C(=O)C(c3cc(OCCCCCNC(=O)c4cc5c(cc4CS(C)(=O)=O)-c4cn(C)c(=O)c6[nH]cc(c46)CN5c4ncc(F)cc4F)no3)C(C)C)=NO2)cc1. The molecule has 0 aliphatic carbocycles. The number of pyridine rings is 2. The number of rotatable bonds is 17. The molecule has 0 bridgehead atoms. The second-order valence-corrected chi connectivity index (χ2v) is 23.1. The fourth-order valence-electron chi connectivity index (χ4n) is 10.3. The number of aromatic amines is 1. The molecule has 2 aromatic carbocycles. The molecular weight excluding hydrogens is 1020 g/mol. The van der Waals surface area contributed by atoms with E-state index in [4.69, 9.17) is 14.1 Å². The number of nitrogens with one attached hydrogen (secondary N) is 3. The molecule has 10 rings (SSSR count). The highest BCUT2D eigenvalue weighted by Gasteiger charge is 2.47. The van der Waals surface area contributed by atoms with Crippen molar-refractivity contribution in [3.8, 4) is 27.4 Å². The first-order valence-corrected chi connectivity index (χ1v) is 27.8. The molecule has 4 unspecified atom stereocenters. The normalized spacial score (nSPS) is 18.6. The van der Waals surface area contributed by atoms with Crippen LogP contribution in [0.2, 0.25) is 0 Å². The van der Waals surface area contributed by atoms with Crippen molar-refractivity contribution in [1.29, 1.82) is 0 Å². The van der Waals surface area contributed by atoms with Crippen LogP contribution in [0.25, 0.3) is 32.5 Å². The van der Waals surface area contributed by atoms with Gasteiger partial charge < -0.3 is 49.2 Å². The fraction of sp³-hybridized carbons (Fsp3) is 0.377. The van der Waals surface area contributed by atoms with E-state index in [0.717, 1.165) is 34.2 Å². The number of amides is 2. The molecule has 2 amide bonds. The van der Waals surface area contributed by atoms with Crippen LogP contribution >= 0.6 is 11.3 Å². The van der Waals surface area contributed by atoms with Crippen molar-refractivity contribution < 1.29 is 46.0 Å². The maximum absolute atomic E-state index is 15.6. The van der Waals surface area contributed by atoms with Crippen LogP contribution in [0.4, 0.5) is 20.3 Å². The van der Waals surface area contributed by atoms with Gasteiger partial charge in [0.05, 0.1) is 59.0 Å². The van der Waals surface area contributed by atoms with Crippen LogP contribution in [-0.2, 0) is 44.5 Å². The summed E-state index contributed by atoms with van der Waals surface area (Å²) in [6, 6.07) is 12.7. The van der Waals surface area contributed by atoms with Gasteiger partial charge in [-0.25, -0.2) is 27.2 Å². The summed E-state index contributed by atoms with van der Waals surface area (Å²) in [6.07, 6.45) is 6.33. The molecule has 4 N–H and O–H groups in total. The van der Waals surface area contributed by atoms with Crippen molar-refractivity contribution in [3.63, 3.8) is 0 Å². The predicted molar refractivity (Wildman–Crippen MR) is 281 cm³/mol. The van der Waals surface area contributed by atoms with Gasteiger partial charge in [-0.1, -0.05) is 43.3 Å². The topological polar surface area (TPSA) is 239 Å². The third-order valence-electron chi connectivity index (χ3n) is 14.0. The highest BCUT2D eigenvalue weighted by molar-refractivity contribution is 7.89. The Hall–Kier alpha value is -7.50. The number of H-pyrrole nitrogens is 1. The Bertz CT molecular complexity index is 3590. The number of unbranched alkanes of at least 4 members (excludes halogenated alkanes) is 2. The number of β-amino-alcohol motifs (C(OH)–C–C–N with tert-alkyl or cyclic N) is 1. The molecule has 1 fully saturated rings. The minimum Gasteiger partial charge on any atom is -0.476 e. The quantitative estimate of drug-likeness (QED) is 0.0655. The van der Waals surface area contributed by atoms with Crippen molar-refractivity contribution in [1.82, 2.24) is 40.2 Å². The van der Waals surface area contributed by atoms with Gasteiger partial charge in [0.2, 0.25) is 11.6 Å². The molecule has 1 saturated heterocycles. The number of ether oxygens (including phenoxy) is 1. The van der Waals surface area contributed by atoms with Crippen LogP contribution in [0.1, 0.15) is 90.9 Å². The summed E-state index contributed by atoms with van der Waals surface area (Å²) in [5.41, 5.74) is 5.68. The number of amidine groups is 1. The number of carbonyl (C=O) groups excluding carboxylic acids is 2. The lowest BCUT2D eigenvalue weighted by Gasteiger charge is -2.30. The molecule has 0 radical (unpaired) electrons. The van der Waals surface area contributed by atoms with Gasteiger partial charge in [-0.2, -0.15) is 0 Å². The van der Waals surface area contributed by atoms with Gasteiger partial charge in [0.15, 0.2) is 33.1 Å². The number of aliphatic hydroxyl groups is 1. The van der Waals surface area contributed by atoms with E-state index in [9.17, 15) is 32.3 Å². The molecule has 0 spiro atoms. The van der Waals surface area contributed by atoms with Gasteiger partial charge in [-0.3, -0.25) is 14.4 Å². The summed E-state index contributed by atoms with van der Waals surface area (Å²) < 4.78 is 68.5. The molecular formula is C53H56F2N10O9S2. The van der Waals surface area contributed by atoms with Crippen LogP contribution in [0.3, 0.4) is 0 Å². The van der Waals surface area contributed by atoms with E-state index >= 15 is 4.39 Å². The summed E-state index contributed by atoms with van der Waals surface area (Å²) in [7, 11) is -2.12. The molecule has 8 heterocycles. The van der Waals surface area contributed by atoms with E-state index < -0.39 is 56.9 Å². The zero-order valence-corrected chi connectivity index (χ0v) is 44.2. The van der Waals surface area contributed by atoms with Crippen molar-refractivity contribution >= 4 is 61.2 Å². The number of anilines is 2. The number of nitrogens with zero attached hydrogens (tertiary/aromatic N) is 7. The van der Waals surface area contributed by atoms with Crippen LogP contribution in [0.5, 0.6) is 5.88 Å². The van der Waals surface area contributed by atoms with E-state index in [1.165, 1.54) is 15.5 Å². The van der Waals surface area contributed by atoms with Crippen molar-refractivity contribution in [2.45, 2.75) is 89.5 Å². The fourth-order valence-corrected chi connectivity index (χ4v) is 11.9. The molecule has 7 aromatic rings. The first kappa shape index (κ1) is 52.0. The molecule has 398 valence electrons. The van der Waals surface area contributed by atoms with Crippen molar-refractivity contribution in [2.75, 3.05) is 30.9 Å². The Morgan fingerprint density at radius 2 is 1.87 bits per heavy atom. The number of hydrogen-bond donors (Lipinski definition) is 4. The van der Waals surface area contributed by atoms with Crippen molar-refractivity contribution in [3.05, 3.63) is 128 Å². The number of thiazole rings is 1. The van der Waals surface area contributed by atoms with Crippen LogP contribution < -0.4 is 25.8 Å². The average Bonchev–Trinajstić information content (AvgIpc) is 4.34. The molecule has 19 nitrogen and oxygen atoms in total. The van der Waals surface area contributed by atoms with E-state index in [1.54, 1.807) is 47.8 Å². The standard InChI is InChI=1S/C53H56F2N10O9S2/c1-28(2)44(51(68)65-24-35(66)18-41(65)48-60-53(4,74-62-48)33-12-10-30(11-13-33)47-29(3)59-27-75-47)42-20-43(61-73-42)72-15-9-7-8-14-56-50(67)36-19-40-37(16-31(36)26-76(6,70)71)38-25-63(5)52(69)46-45(38)32(21-57-46)23-64(40)49-39(55)17-34(54)22-58-49/h10-13,16-17,19-22,25,27-28,35,41,44,57,66H,7-9,14-15,18,23-24,26H2,1-6H3,(H,56,67)(H,60,62). The number of fused-ring (bicyclic) bond motifs is 2. The second kappa shape index (κ2) is 20.6. The Morgan fingerprint density at radius 1 is 1.08 bits per heavy atom. The highest BCUT2D eigenvalue weighted by Crippen LogP contribution is 2.45. The predicted octanol–water partition coefficient (Wildman–Crippen LogP) is 7.31. The Kier molecular flexibility index (Phi) is 14.1. The van der Waals surface area contributed by atoms with E-state index in [-0.39, 0.29) is 78.4 Å². The van der Waals surface area contributed by atoms with E-state index in [0.29, 0.717) is 64.7 Å². The number of aromatic nitrogens is 5. The second-order valence-electron chi connectivity index (χ2n) is 20.1. The third kappa shape index (κ3) is 10.2. The Balaban J connectivity index is 0.770. The maximum Gasteiger partial charge on any atom is 0.274 e. The largest absolute Gasteiger partial charge is 0.476 e. The highest BCUT2D eigenvalue weighted by atomic mass is 32.2. The number of aryl methyl sites for hydroxylation is 2. The molecule has 4 atom stereocenters. The first-order chi connectivity index (χ1) is 36.3. The number of halogens is 2. The minimum atomic E-state index is -3.70. The zero-order valence-electron chi connectivity index (χ0n) is 42.5. The number of likely N-dealkylation sites (tertiary alicyclic amines) is 1. The van der Waals surface area contributed by atoms with Crippen LogP contribution in [-0.4, -0.2) is 98.8 Å². The van der Waals surface area contributed by atoms with Crippen LogP contribution in [0, 0.1) is 24.5 Å². The zero-order chi connectivity index (χ0) is 53.8. The summed E-state index contributed by atoms with van der Waals surface area (Å²) in [6.45, 7) is 8.16. The monoisotopic (exact) mass is 1080 g/mol. The lowest BCUT2D eigenvalue weighted by molar-refractivity contribution is -0.134. The number of sulfone groups is 1. The number of carbonyl (C=O) groups is 2. The van der Waals surface area contributed by atoms with Gasteiger partial charge in [0, 0.05) is 91.9 Å². The molecule has 23 heteroatoms. The average molecular weight is 1080 g/mol. The van der Waals surface area contributed by atoms with Gasteiger partial charge in [-0.05, 0) is 66.1 Å². The summed E-state index contributed by atoms with van der Waals surface area (Å²) >= 11 is 1.57. The van der Waals surface area contributed by atoms with Gasteiger partial charge in [0.1, 0.15) is 17.3 Å². The number of benzene rings is 2. The Labute approximate surface area is 439 Å². The lowest BCUT2D eigenvalue weighted by Crippen LogP contribution is -2.50. The van der Waals surface area contributed by atoms with Gasteiger partial charge in [-0.15, -0.1) is 11.3 Å². The Morgan fingerprint density at radius 3 is 2.59 bits per heavy atom. The molecule has 0 saturated carbocycles. The lowest BCUT2D eigenvalue weighted by atomic mass is 9.91. The number of hydrogen-bond acceptors (Lipinski definition) is 16. The third-order valence-corrected chi connectivity index (χ3v) is 15.9. The van der Waals surface area contributed by atoms with E-state index in [2.05, 4.69) is 35.9 Å². The van der Waals surface area contributed by atoms with E-state index in [1.807, 2.05) is 57.5 Å². The van der Waals surface area contributed by atoms with Gasteiger partial charge in [0.25, 0.3) is 17.3 Å². The van der Waals surface area contributed by atoms with Crippen LogP contribution in [0.15, 0.2) is 87.1 Å². The minimum absolute atomic E-state index is 0.0235. The number of aliphatic hydroxyl groups excluding tert-OH is 1. The summed E-state index contributed by atoms with van der Waals surface area (Å²) in [4.78, 5) is 63.3. The molecule has 3 aliphatic heterocycles. The summed E-state index contributed by atoms with van der Waals surface area (Å²) in [5, 5.41) is 26.2. The molecule has 3 aliphatic rings. The van der Waals surface area contributed by atoms with Gasteiger partial charge >= 0.3 is 0 Å². The molecule has 76 heavy (non-hydrogen) atoms. The molecule has 5 aromatic heterocycles. The summed E-state index contributed by atoms with van der Waals surface area (Å²) in [5.74, 6) is -3.46. The van der Waals surface area contributed by atoms with Crippen molar-refractivity contribution in [2.24, 2.45) is 18.1 Å². The smallest absolute Gasteiger partial charge is 0.274 e. The number of oxime groups is 1.